The van der Waals surface area contributed by atoms with E-state index >= 15 is 0 Å². The van der Waals surface area contributed by atoms with Gasteiger partial charge in [0.25, 0.3) is 0 Å². The molecule has 1 fully saturated rings. The topological polar surface area (TPSA) is 191 Å². The fourth-order valence-corrected chi connectivity index (χ4v) is 4.34. The normalized spacial score (nSPS) is 22.2. The molecule has 0 aliphatic carbocycles. The van der Waals surface area contributed by atoms with E-state index in [0.29, 0.717) is 0 Å². The monoisotopic (exact) mass is 497 g/mol. The van der Waals surface area contributed by atoms with E-state index in [2.05, 4.69) is 4.72 Å². The molecule has 14 nitrogen and oxygen atoms in total. The average Bonchev–Trinajstić information content (AvgIpc) is 2.62. The minimum absolute atomic E-state index is 0.0328. The van der Waals surface area contributed by atoms with Crippen LogP contribution in [0.15, 0.2) is 0 Å². The number of rotatable bonds is 10. The number of aliphatic hydroxyl groups is 1. The molecule has 5 N–H and O–H groups in total. The number of aliphatic hydroxyl groups excluding tert-OH is 1. The molecule has 0 spiro atoms. The zero-order valence-electron chi connectivity index (χ0n) is 19.0. The Morgan fingerprint density at radius 1 is 0.848 bits per heavy atom. The highest BCUT2D eigenvalue weighted by molar-refractivity contribution is 7.88. The van der Waals surface area contributed by atoms with Crippen LogP contribution < -0.4 is 4.72 Å². The van der Waals surface area contributed by atoms with Crippen LogP contribution in [0.1, 0.15) is 6.92 Å². The first kappa shape index (κ1) is 29.2. The SMILES string of the molecule is CC(O)CN1CCN(CC(=O)O)CCN(CC(=O)O)CCN(CC(=O)O)C(NS(C)(=O)=O)C1. The summed E-state index contributed by atoms with van der Waals surface area (Å²) in [7, 11) is -3.74. The number of sulfonamides is 1. The van der Waals surface area contributed by atoms with Gasteiger partial charge in [-0.05, 0) is 6.92 Å². The van der Waals surface area contributed by atoms with Gasteiger partial charge in [0.05, 0.1) is 38.2 Å². The summed E-state index contributed by atoms with van der Waals surface area (Å²) in [4.78, 5) is 40.4. The second-order valence-electron chi connectivity index (χ2n) is 8.22. The third-order valence-corrected chi connectivity index (χ3v) is 5.67. The fraction of sp³-hybridized carbons (Fsp3) is 0.833. The van der Waals surface area contributed by atoms with Crippen LogP contribution in [-0.2, 0) is 24.4 Å². The summed E-state index contributed by atoms with van der Waals surface area (Å²) in [5.74, 6) is -3.31. The molecule has 0 aromatic rings. The van der Waals surface area contributed by atoms with Crippen LogP contribution in [-0.4, -0.2) is 157 Å². The first-order valence-corrected chi connectivity index (χ1v) is 12.4. The maximum absolute atomic E-state index is 12.0. The van der Waals surface area contributed by atoms with Crippen molar-refractivity contribution in [1.29, 1.82) is 0 Å². The Labute approximate surface area is 193 Å². The van der Waals surface area contributed by atoms with E-state index in [0.717, 1.165) is 6.26 Å². The van der Waals surface area contributed by atoms with Crippen LogP contribution in [0.3, 0.4) is 0 Å². The van der Waals surface area contributed by atoms with Gasteiger partial charge >= 0.3 is 17.9 Å². The molecule has 1 heterocycles. The van der Waals surface area contributed by atoms with Gasteiger partial charge in [-0.25, -0.2) is 8.42 Å². The van der Waals surface area contributed by atoms with Crippen molar-refractivity contribution in [3.63, 3.8) is 0 Å². The van der Waals surface area contributed by atoms with Crippen molar-refractivity contribution in [2.45, 2.75) is 19.2 Å². The first-order chi connectivity index (χ1) is 15.2. The predicted molar refractivity (Wildman–Crippen MR) is 117 cm³/mol. The standard InChI is InChI=1S/C18H35N5O9S/c1-14(24)9-22-6-5-20(11-16(25)26)3-4-21(12-17(27)28)7-8-23(13-18(29)30)15(10-22)19-33(2,31)32/h14-15,19,24H,3-13H2,1-2H3,(H,25,26)(H,27,28)(H,29,30). The first-order valence-electron chi connectivity index (χ1n) is 10.5. The third-order valence-electron chi connectivity index (χ3n) is 4.97. The molecule has 15 heteroatoms. The maximum Gasteiger partial charge on any atom is 0.317 e. The summed E-state index contributed by atoms with van der Waals surface area (Å²) in [6.07, 6.45) is -0.774. The highest BCUT2D eigenvalue weighted by Crippen LogP contribution is 2.07. The molecule has 0 saturated carbocycles. The molecule has 1 saturated heterocycles. The van der Waals surface area contributed by atoms with Gasteiger partial charge in [-0.3, -0.25) is 34.0 Å². The Bertz CT molecular complexity index is 764. The molecule has 192 valence electrons. The number of nitrogens with one attached hydrogen (secondary N) is 1. The summed E-state index contributed by atoms with van der Waals surface area (Å²) in [6, 6.07) is 0. The Hall–Kier alpha value is -1.88. The van der Waals surface area contributed by atoms with Crippen molar-refractivity contribution in [3.8, 4) is 0 Å². The van der Waals surface area contributed by atoms with Crippen LogP contribution >= 0.6 is 0 Å². The Balaban J connectivity index is 3.28. The van der Waals surface area contributed by atoms with Crippen LogP contribution in [0.4, 0.5) is 0 Å². The Morgan fingerprint density at radius 3 is 1.67 bits per heavy atom. The quantitative estimate of drug-likeness (QED) is 0.202. The number of hydrogen-bond acceptors (Lipinski definition) is 10. The number of nitrogens with zero attached hydrogens (tertiary/aromatic N) is 4. The molecular formula is C18H35N5O9S. The van der Waals surface area contributed by atoms with Crippen LogP contribution in [0.5, 0.6) is 0 Å². The summed E-state index contributed by atoms with van der Waals surface area (Å²) in [5.41, 5.74) is 0. The third kappa shape index (κ3) is 13.4. The lowest BCUT2D eigenvalue weighted by Gasteiger charge is -2.38. The molecule has 0 bridgehead atoms. The molecule has 1 aliphatic rings. The second-order valence-corrected chi connectivity index (χ2v) is 10.00. The molecule has 33 heavy (non-hydrogen) atoms. The highest BCUT2D eigenvalue weighted by Gasteiger charge is 2.28. The number of hydrogen-bond donors (Lipinski definition) is 5. The second kappa shape index (κ2) is 13.7. The van der Waals surface area contributed by atoms with Gasteiger partial charge < -0.3 is 20.4 Å². The van der Waals surface area contributed by atoms with E-state index in [9.17, 15) is 43.2 Å². The number of carbonyl (C=O) groups is 3. The minimum atomic E-state index is -3.74. The number of aliphatic carboxylic acids is 3. The van der Waals surface area contributed by atoms with Gasteiger partial charge in [0, 0.05) is 52.4 Å². The van der Waals surface area contributed by atoms with Crippen molar-refractivity contribution >= 4 is 27.9 Å². The predicted octanol–water partition coefficient (Wildman–Crippen LogP) is -3.28. The van der Waals surface area contributed by atoms with E-state index in [-0.39, 0.29) is 65.4 Å². The van der Waals surface area contributed by atoms with Crippen molar-refractivity contribution in [3.05, 3.63) is 0 Å². The number of β-amino-alcohol motifs (C(OH)–C–C–N with tert-alkyl or cyclic N) is 1. The van der Waals surface area contributed by atoms with Crippen molar-refractivity contribution in [2.75, 3.05) is 78.2 Å². The van der Waals surface area contributed by atoms with Crippen molar-refractivity contribution in [2.24, 2.45) is 0 Å². The molecule has 0 aromatic heterocycles. The zero-order valence-corrected chi connectivity index (χ0v) is 19.8. The molecule has 0 aromatic carbocycles. The largest absolute Gasteiger partial charge is 0.480 e. The summed E-state index contributed by atoms with van der Waals surface area (Å²) in [6.45, 7) is 1.88. The molecule has 0 amide bonds. The minimum Gasteiger partial charge on any atom is -0.480 e. The van der Waals surface area contributed by atoms with Gasteiger partial charge in [-0.1, -0.05) is 0 Å². The smallest absolute Gasteiger partial charge is 0.317 e. The highest BCUT2D eigenvalue weighted by atomic mass is 32.2. The summed E-state index contributed by atoms with van der Waals surface area (Å²) in [5, 5.41) is 37.7. The number of carboxylic acids is 3. The van der Waals surface area contributed by atoms with E-state index in [1.807, 2.05) is 0 Å². The molecule has 1 rings (SSSR count). The van der Waals surface area contributed by atoms with Gasteiger partial charge in [-0.15, -0.1) is 0 Å². The van der Waals surface area contributed by atoms with Gasteiger partial charge in [-0.2, -0.15) is 4.72 Å². The maximum atomic E-state index is 12.0. The Kier molecular flexibility index (Phi) is 12.1. The fourth-order valence-electron chi connectivity index (χ4n) is 3.63. The van der Waals surface area contributed by atoms with Crippen molar-refractivity contribution in [1.82, 2.24) is 24.3 Å². The van der Waals surface area contributed by atoms with Gasteiger partial charge in [0.15, 0.2) is 0 Å². The van der Waals surface area contributed by atoms with Gasteiger partial charge in [0.2, 0.25) is 10.0 Å². The van der Waals surface area contributed by atoms with Crippen LogP contribution in [0.25, 0.3) is 0 Å². The van der Waals surface area contributed by atoms with E-state index in [1.165, 1.54) is 4.90 Å². The Morgan fingerprint density at radius 2 is 1.27 bits per heavy atom. The number of carboxylic acid groups (broad SMARTS) is 3. The molecule has 2 unspecified atom stereocenters. The van der Waals surface area contributed by atoms with E-state index in [1.54, 1.807) is 21.6 Å². The lowest BCUT2D eigenvalue weighted by atomic mass is 10.2. The molecular weight excluding hydrogens is 462 g/mol. The average molecular weight is 498 g/mol. The zero-order chi connectivity index (χ0) is 25.2. The van der Waals surface area contributed by atoms with Crippen LogP contribution in [0.2, 0.25) is 0 Å². The molecule has 1 aliphatic heterocycles. The van der Waals surface area contributed by atoms with E-state index < -0.39 is 46.7 Å². The van der Waals surface area contributed by atoms with Crippen LogP contribution in [0, 0.1) is 0 Å². The molecule has 0 radical (unpaired) electrons. The lowest BCUT2D eigenvalue weighted by Crippen LogP contribution is -2.58. The lowest BCUT2D eigenvalue weighted by molar-refractivity contribution is -0.141. The molecule has 2 atom stereocenters. The summed E-state index contributed by atoms with van der Waals surface area (Å²) >= 11 is 0. The summed E-state index contributed by atoms with van der Waals surface area (Å²) < 4.78 is 26.4. The van der Waals surface area contributed by atoms with Crippen molar-refractivity contribution < 1.29 is 43.2 Å². The van der Waals surface area contributed by atoms with Gasteiger partial charge in [0.1, 0.15) is 0 Å². The van der Waals surface area contributed by atoms with E-state index in [4.69, 9.17) is 0 Å².